The first-order valence-electron chi connectivity index (χ1n) is 9.02. The van der Waals surface area contributed by atoms with E-state index in [4.69, 9.17) is 9.15 Å². The van der Waals surface area contributed by atoms with Crippen LogP contribution in [0.15, 0.2) is 71.1 Å². The van der Waals surface area contributed by atoms with Gasteiger partial charge in [0.1, 0.15) is 17.3 Å². The molecule has 0 fully saturated rings. The third-order valence-electron chi connectivity index (χ3n) is 4.06. The average molecular weight is 364 g/mol. The maximum Gasteiger partial charge on any atom is 0.322 e. The number of anilines is 1. The molecule has 3 aromatic rings. The molecule has 3 rings (SSSR count). The number of hydrogen-bond acceptors (Lipinski definition) is 3. The lowest BCUT2D eigenvalue weighted by molar-refractivity contribution is 0.201. The van der Waals surface area contributed by atoms with Crippen LogP contribution in [0.5, 0.6) is 5.75 Å². The highest BCUT2D eigenvalue weighted by Crippen LogP contribution is 2.18. The Morgan fingerprint density at radius 3 is 2.37 bits per heavy atom. The summed E-state index contributed by atoms with van der Waals surface area (Å²) in [6.07, 6.45) is 0. The van der Waals surface area contributed by atoms with Gasteiger partial charge in [0.2, 0.25) is 0 Å². The molecular formula is C22H24N2O3. The van der Waals surface area contributed by atoms with E-state index < -0.39 is 0 Å². The molecule has 2 aromatic carbocycles. The number of hydrogen-bond donors (Lipinski definition) is 1. The van der Waals surface area contributed by atoms with Gasteiger partial charge in [-0.25, -0.2) is 4.79 Å². The topological polar surface area (TPSA) is 54.7 Å². The second-order valence-corrected chi connectivity index (χ2v) is 6.24. The summed E-state index contributed by atoms with van der Waals surface area (Å²) in [7, 11) is 0. The highest BCUT2D eigenvalue weighted by Gasteiger charge is 2.16. The van der Waals surface area contributed by atoms with E-state index in [1.807, 2.05) is 80.6 Å². The van der Waals surface area contributed by atoms with E-state index in [9.17, 15) is 4.79 Å². The number of carbonyl (C=O) groups excluding carboxylic acids is 1. The molecule has 1 N–H and O–H groups in total. The lowest BCUT2D eigenvalue weighted by atomic mass is 10.2. The summed E-state index contributed by atoms with van der Waals surface area (Å²) in [4.78, 5) is 14.6. The van der Waals surface area contributed by atoms with Crippen LogP contribution in [0.2, 0.25) is 0 Å². The highest BCUT2D eigenvalue weighted by molar-refractivity contribution is 5.89. The smallest absolute Gasteiger partial charge is 0.322 e. The molecule has 0 saturated heterocycles. The van der Waals surface area contributed by atoms with Crippen molar-refractivity contribution in [1.29, 1.82) is 0 Å². The van der Waals surface area contributed by atoms with Crippen LogP contribution in [0.25, 0.3) is 0 Å². The summed E-state index contributed by atoms with van der Waals surface area (Å²) < 4.78 is 11.1. The van der Waals surface area contributed by atoms with Gasteiger partial charge in [0.25, 0.3) is 0 Å². The number of amides is 2. The largest absolute Gasteiger partial charge is 0.494 e. The number of urea groups is 1. The Morgan fingerprint density at radius 2 is 1.74 bits per heavy atom. The Balaban J connectivity index is 1.72. The molecular weight excluding hydrogens is 340 g/mol. The number of nitrogens with one attached hydrogen (secondary N) is 1. The minimum atomic E-state index is -0.183. The van der Waals surface area contributed by atoms with E-state index in [0.717, 1.165) is 28.5 Å². The van der Waals surface area contributed by atoms with Crippen molar-refractivity contribution in [3.63, 3.8) is 0 Å². The van der Waals surface area contributed by atoms with E-state index in [-0.39, 0.29) is 6.03 Å². The third-order valence-corrected chi connectivity index (χ3v) is 4.06. The van der Waals surface area contributed by atoms with Gasteiger partial charge in [0.05, 0.1) is 13.2 Å². The molecule has 0 aliphatic heterocycles. The van der Waals surface area contributed by atoms with Crippen LogP contribution in [0.1, 0.15) is 24.0 Å². The summed E-state index contributed by atoms with van der Waals surface area (Å²) in [5, 5.41) is 2.95. The maximum atomic E-state index is 12.9. The summed E-state index contributed by atoms with van der Waals surface area (Å²) in [5.41, 5.74) is 1.78. The van der Waals surface area contributed by atoms with Crippen LogP contribution in [-0.2, 0) is 13.1 Å². The molecule has 1 aromatic heterocycles. The second-order valence-electron chi connectivity index (χ2n) is 6.24. The Kier molecular flexibility index (Phi) is 6.15. The molecule has 0 spiro atoms. The molecule has 0 saturated carbocycles. The van der Waals surface area contributed by atoms with Gasteiger partial charge in [0, 0.05) is 12.2 Å². The molecule has 5 nitrogen and oxygen atoms in total. The summed E-state index contributed by atoms with van der Waals surface area (Å²) >= 11 is 0. The zero-order chi connectivity index (χ0) is 19.1. The van der Waals surface area contributed by atoms with E-state index in [1.165, 1.54) is 0 Å². The van der Waals surface area contributed by atoms with Crippen LogP contribution >= 0.6 is 0 Å². The van der Waals surface area contributed by atoms with Crippen molar-refractivity contribution < 1.29 is 13.9 Å². The standard InChI is InChI=1S/C22H24N2O3/c1-3-26-20-13-10-19(11-14-20)23-22(25)24(15-18-7-5-4-6-8-18)16-21-12-9-17(2)27-21/h4-14H,3,15-16H2,1-2H3,(H,23,25). The first kappa shape index (κ1) is 18.6. The normalized spacial score (nSPS) is 10.4. The summed E-state index contributed by atoms with van der Waals surface area (Å²) in [5.74, 6) is 2.37. The maximum absolute atomic E-state index is 12.9. The monoisotopic (exact) mass is 364 g/mol. The number of ether oxygens (including phenoxy) is 1. The van der Waals surface area contributed by atoms with Crippen molar-refractivity contribution in [1.82, 2.24) is 4.90 Å². The Hall–Kier alpha value is -3.21. The fraction of sp³-hybridized carbons (Fsp3) is 0.227. The van der Waals surface area contributed by atoms with Crippen LogP contribution in [0.4, 0.5) is 10.5 Å². The van der Waals surface area contributed by atoms with Crippen LogP contribution in [0.3, 0.4) is 0 Å². The third kappa shape index (κ3) is 5.38. The van der Waals surface area contributed by atoms with Gasteiger partial charge in [-0.15, -0.1) is 0 Å². The van der Waals surface area contributed by atoms with E-state index in [0.29, 0.717) is 19.7 Å². The van der Waals surface area contributed by atoms with E-state index in [1.54, 1.807) is 4.90 Å². The lowest BCUT2D eigenvalue weighted by Gasteiger charge is -2.22. The zero-order valence-corrected chi connectivity index (χ0v) is 15.6. The molecule has 1 heterocycles. The van der Waals surface area contributed by atoms with Crippen molar-refractivity contribution in [3.05, 3.63) is 83.8 Å². The highest BCUT2D eigenvalue weighted by atomic mass is 16.5. The average Bonchev–Trinajstić information content (AvgIpc) is 3.09. The molecule has 0 bridgehead atoms. The van der Waals surface area contributed by atoms with Gasteiger partial charge < -0.3 is 19.4 Å². The first-order valence-corrected chi connectivity index (χ1v) is 9.02. The van der Waals surface area contributed by atoms with Gasteiger partial charge in [-0.3, -0.25) is 0 Å². The predicted molar refractivity (Wildman–Crippen MR) is 106 cm³/mol. The quantitative estimate of drug-likeness (QED) is 0.625. The molecule has 2 amide bonds. The summed E-state index contributed by atoms with van der Waals surface area (Å²) in [6, 6.07) is 20.9. The number of furan rings is 1. The lowest BCUT2D eigenvalue weighted by Crippen LogP contribution is -2.33. The number of aryl methyl sites for hydroxylation is 1. The second kappa shape index (κ2) is 8.94. The van der Waals surface area contributed by atoms with Crippen molar-refractivity contribution >= 4 is 11.7 Å². The Bertz CT molecular complexity index is 857. The molecule has 27 heavy (non-hydrogen) atoms. The number of benzene rings is 2. The van der Waals surface area contributed by atoms with Crippen LogP contribution < -0.4 is 10.1 Å². The number of rotatable bonds is 7. The SMILES string of the molecule is CCOc1ccc(NC(=O)N(Cc2ccccc2)Cc2ccc(C)o2)cc1. The Labute approximate surface area is 159 Å². The minimum absolute atomic E-state index is 0.183. The molecule has 140 valence electrons. The first-order chi connectivity index (χ1) is 13.1. The molecule has 5 heteroatoms. The molecule has 0 radical (unpaired) electrons. The van der Waals surface area contributed by atoms with E-state index >= 15 is 0 Å². The number of nitrogens with zero attached hydrogens (tertiary/aromatic N) is 1. The van der Waals surface area contributed by atoms with Gasteiger partial charge in [-0.2, -0.15) is 0 Å². The fourth-order valence-electron chi connectivity index (χ4n) is 2.77. The van der Waals surface area contributed by atoms with Gasteiger partial charge in [0.15, 0.2) is 0 Å². The summed E-state index contributed by atoms with van der Waals surface area (Å²) in [6.45, 7) is 5.33. The van der Waals surface area contributed by atoms with Gasteiger partial charge in [-0.05, 0) is 55.8 Å². The molecule has 0 unspecified atom stereocenters. The van der Waals surface area contributed by atoms with Crippen molar-refractivity contribution in [2.45, 2.75) is 26.9 Å². The minimum Gasteiger partial charge on any atom is -0.494 e. The van der Waals surface area contributed by atoms with Gasteiger partial charge in [-0.1, -0.05) is 30.3 Å². The van der Waals surface area contributed by atoms with Crippen LogP contribution in [0, 0.1) is 6.92 Å². The van der Waals surface area contributed by atoms with E-state index in [2.05, 4.69) is 5.32 Å². The predicted octanol–water partition coefficient (Wildman–Crippen LogP) is 5.22. The van der Waals surface area contributed by atoms with Crippen molar-refractivity contribution in [2.75, 3.05) is 11.9 Å². The molecule has 0 atom stereocenters. The Morgan fingerprint density at radius 1 is 1.00 bits per heavy atom. The molecule has 0 aliphatic carbocycles. The fourth-order valence-corrected chi connectivity index (χ4v) is 2.77. The van der Waals surface area contributed by atoms with Gasteiger partial charge >= 0.3 is 6.03 Å². The van der Waals surface area contributed by atoms with Crippen molar-refractivity contribution in [2.24, 2.45) is 0 Å². The van der Waals surface area contributed by atoms with Crippen LogP contribution in [-0.4, -0.2) is 17.5 Å². The number of carbonyl (C=O) groups is 1. The van der Waals surface area contributed by atoms with Crippen molar-refractivity contribution in [3.8, 4) is 5.75 Å². The molecule has 0 aliphatic rings. The zero-order valence-electron chi connectivity index (χ0n) is 15.6.